The van der Waals surface area contributed by atoms with Crippen LogP contribution >= 0.6 is 0 Å². The summed E-state index contributed by atoms with van der Waals surface area (Å²) in [5.74, 6) is 0.778. The van der Waals surface area contributed by atoms with E-state index in [1.165, 1.54) is 0 Å². The van der Waals surface area contributed by atoms with Crippen LogP contribution in [0.3, 0.4) is 0 Å². The molecule has 0 unspecified atom stereocenters. The van der Waals surface area contributed by atoms with E-state index in [0.29, 0.717) is 30.5 Å². The molecule has 1 aromatic rings. The fraction of sp³-hybridized carbons (Fsp3) is 0.692. The fourth-order valence-corrected chi connectivity index (χ4v) is 2.06. The van der Waals surface area contributed by atoms with E-state index in [1.807, 2.05) is 18.9 Å². The monoisotopic (exact) mass is 281 g/mol. The smallest absolute Gasteiger partial charge is 0.332 e. The predicted molar refractivity (Wildman–Crippen MR) is 80.3 cm³/mol. The predicted octanol–water partition coefficient (Wildman–Crippen LogP) is 2.61. The van der Waals surface area contributed by atoms with Crippen LogP contribution in [0.1, 0.15) is 33.4 Å². The molecule has 7 heteroatoms. The van der Waals surface area contributed by atoms with Gasteiger partial charge in [0.05, 0.1) is 4.92 Å². The zero-order valence-electron chi connectivity index (χ0n) is 13.0. The Bertz CT molecular complexity index is 496. The minimum atomic E-state index is -0.417. The minimum Gasteiger partial charge on any atom is -0.354 e. The molecule has 0 aliphatic carbocycles. The van der Waals surface area contributed by atoms with Crippen molar-refractivity contribution in [2.24, 2.45) is 5.41 Å². The summed E-state index contributed by atoms with van der Waals surface area (Å²) in [6, 6.07) is 0. The first-order valence-electron chi connectivity index (χ1n) is 6.63. The summed E-state index contributed by atoms with van der Waals surface area (Å²) >= 11 is 0. The van der Waals surface area contributed by atoms with Crippen LogP contribution in [0.15, 0.2) is 0 Å². The summed E-state index contributed by atoms with van der Waals surface area (Å²) in [6.07, 6.45) is 0. The lowest BCUT2D eigenvalue weighted by molar-refractivity contribution is -0.385. The van der Waals surface area contributed by atoms with Crippen molar-refractivity contribution in [2.45, 2.75) is 34.6 Å². The highest BCUT2D eigenvalue weighted by Crippen LogP contribution is 2.30. The zero-order valence-corrected chi connectivity index (χ0v) is 13.0. The van der Waals surface area contributed by atoms with E-state index in [0.717, 1.165) is 0 Å². The van der Waals surface area contributed by atoms with E-state index in [4.69, 9.17) is 0 Å². The zero-order chi connectivity index (χ0) is 15.5. The number of aryl methyl sites for hydroxylation is 1. The molecule has 0 aromatic carbocycles. The molecule has 20 heavy (non-hydrogen) atoms. The van der Waals surface area contributed by atoms with Gasteiger partial charge in [-0.2, -0.15) is 4.98 Å². The largest absolute Gasteiger partial charge is 0.354 e. The summed E-state index contributed by atoms with van der Waals surface area (Å²) in [5, 5.41) is 14.3. The maximum absolute atomic E-state index is 11.3. The molecule has 0 fully saturated rings. The third-order valence-electron chi connectivity index (χ3n) is 2.63. The highest BCUT2D eigenvalue weighted by molar-refractivity contribution is 5.62. The Hall–Kier alpha value is -1.92. The number of nitrogens with one attached hydrogen (secondary N) is 1. The maximum atomic E-state index is 11.3. The van der Waals surface area contributed by atoms with Gasteiger partial charge < -0.3 is 10.2 Å². The van der Waals surface area contributed by atoms with E-state index in [2.05, 4.69) is 36.1 Å². The number of anilines is 2. The van der Waals surface area contributed by atoms with E-state index < -0.39 is 4.92 Å². The molecule has 112 valence electrons. The van der Waals surface area contributed by atoms with Gasteiger partial charge >= 0.3 is 5.69 Å². The van der Waals surface area contributed by atoms with Crippen molar-refractivity contribution in [2.75, 3.05) is 30.4 Å². The summed E-state index contributed by atoms with van der Waals surface area (Å²) in [4.78, 5) is 21.1. The van der Waals surface area contributed by atoms with Crippen LogP contribution in [0.2, 0.25) is 0 Å². The van der Waals surface area contributed by atoms with Gasteiger partial charge in [0, 0.05) is 20.1 Å². The average Bonchev–Trinajstić information content (AvgIpc) is 2.25. The van der Waals surface area contributed by atoms with Gasteiger partial charge in [-0.1, -0.05) is 20.8 Å². The second kappa shape index (κ2) is 6.02. The molecular formula is C13H23N5O2. The number of rotatable bonds is 5. The molecule has 0 bridgehead atoms. The molecule has 0 saturated carbocycles. The molecule has 1 aromatic heterocycles. The van der Waals surface area contributed by atoms with Gasteiger partial charge in [0.25, 0.3) is 0 Å². The van der Waals surface area contributed by atoms with Crippen molar-refractivity contribution >= 4 is 17.5 Å². The second-order valence-corrected chi connectivity index (χ2v) is 6.01. The Morgan fingerprint density at radius 2 is 1.95 bits per heavy atom. The third kappa shape index (κ3) is 4.04. The highest BCUT2D eigenvalue weighted by atomic mass is 16.6. The summed E-state index contributed by atoms with van der Waals surface area (Å²) in [6.45, 7) is 11.1. The van der Waals surface area contributed by atoms with Gasteiger partial charge in [0.1, 0.15) is 5.69 Å². The molecule has 0 spiro atoms. The molecule has 0 aliphatic heterocycles. The molecule has 0 aliphatic rings. The quantitative estimate of drug-likeness (QED) is 0.659. The topological polar surface area (TPSA) is 84.2 Å². The molecular weight excluding hydrogens is 258 g/mol. The summed E-state index contributed by atoms with van der Waals surface area (Å²) in [5.41, 5.74) is 0.356. The molecule has 1 rings (SSSR count). The van der Waals surface area contributed by atoms with E-state index in [-0.39, 0.29) is 11.1 Å². The van der Waals surface area contributed by atoms with Crippen LogP contribution in [0, 0.1) is 22.5 Å². The number of aromatic nitrogens is 2. The molecule has 0 saturated heterocycles. The standard InChI is InChI=1S/C13H23N5O2/c1-7-14-12-15-9(2)10(18(19)20)11(16-12)17(6)8-13(3,4)5/h7-8H2,1-6H3,(H,14,15,16). The van der Waals surface area contributed by atoms with Crippen LogP contribution in [0.5, 0.6) is 0 Å². The van der Waals surface area contributed by atoms with Gasteiger partial charge in [-0.25, -0.2) is 4.98 Å². The van der Waals surface area contributed by atoms with Gasteiger partial charge in [0.2, 0.25) is 11.8 Å². The summed E-state index contributed by atoms with van der Waals surface area (Å²) in [7, 11) is 1.82. The van der Waals surface area contributed by atoms with Crippen LogP contribution < -0.4 is 10.2 Å². The molecule has 7 nitrogen and oxygen atoms in total. The maximum Gasteiger partial charge on any atom is 0.332 e. The van der Waals surface area contributed by atoms with Crippen molar-refractivity contribution in [1.82, 2.24) is 9.97 Å². The normalized spacial score (nSPS) is 11.3. The fourth-order valence-electron chi connectivity index (χ4n) is 2.06. The molecule has 0 radical (unpaired) electrons. The second-order valence-electron chi connectivity index (χ2n) is 6.01. The Morgan fingerprint density at radius 3 is 2.40 bits per heavy atom. The molecule has 0 amide bonds. The molecule has 1 N–H and O–H groups in total. The van der Waals surface area contributed by atoms with Crippen LogP contribution in [-0.4, -0.2) is 35.0 Å². The third-order valence-corrected chi connectivity index (χ3v) is 2.63. The number of hydrogen-bond donors (Lipinski definition) is 1. The van der Waals surface area contributed by atoms with E-state index in [1.54, 1.807) is 6.92 Å². The highest BCUT2D eigenvalue weighted by Gasteiger charge is 2.26. The first-order chi connectivity index (χ1) is 9.15. The van der Waals surface area contributed by atoms with Crippen molar-refractivity contribution in [1.29, 1.82) is 0 Å². The van der Waals surface area contributed by atoms with Crippen molar-refractivity contribution in [3.8, 4) is 0 Å². The van der Waals surface area contributed by atoms with Crippen LogP contribution in [0.4, 0.5) is 17.5 Å². The minimum absolute atomic E-state index is 0.0137. The van der Waals surface area contributed by atoms with Gasteiger partial charge in [-0.15, -0.1) is 0 Å². The Balaban J connectivity index is 3.29. The Kier molecular flexibility index (Phi) is 4.86. The number of nitrogens with zero attached hydrogens (tertiary/aromatic N) is 4. The summed E-state index contributed by atoms with van der Waals surface area (Å²) < 4.78 is 0. The SMILES string of the molecule is CCNc1nc(C)c([N+](=O)[O-])c(N(C)CC(C)(C)C)n1. The van der Waals surface area contributed by atoms with E-state index in [9.17, 15) is 10.1 Å². The number of nitro groups is 1. The van der Waals surface area contributed by atoms with E-state index >= 15 is 0 Å². The van der Waals surface area contributed by atoms with Gasteiger partial charge in [-0.05, 0) is 19.3 Å². The molecule has 0 atom stereocenters. The number of hydrogen-bond acceptors (Lipinski definition) is 6. The lowest BCUT2D eigenvalue weighted by atomic mass is 9.96. The Labute approximate surface area is 119 Å². The van der Waals surface area contributed by atoms with Crippen molar-refractivity contribution in [3.63, 3.8) is 0 Å². The van der Waals surface area contributed by atoms with Gasteiger partial charge in [-0.3, -0.25) is 10.1 Å². The first-order valence-corrected chi connectivity index (χ1v) is 6.63. The first kappa shape index (κ1) is 16.1. The average molecular weight is 281 g/mol. The van der Waals surface area contributed by atoms with Gasteiger partial charge in [0.15, 0.2) is 0 Å². The van der Waals surface area contributed by atoms with Crippen LogP contribution in [-0.2, 0) is 0 Å². The molecule has 1 heterocycles. The lowest BCUT2D eigenvalue weighted by Crippen LogP contribution is -2.30. The van der Waals surface area contributed by atoms with Crippen LogP contribution in [0.25, 0.3) is 0 Å². The van der Waals surface area contributed by atoms with Crippen molar-refractivity contribution in [3.05, 3.63) is 15.8 Å². The van der Waals surface area contributed by atoms with Crippen molar-refractivity contribution < 1.29 is 4.92 Å². The lowest BCUT2D eigenvalue weighted by Gasteiger charge is -2.27. The Morgan fingerprint density at radius 1 is 1.35 bits per heavy atom.